The number of aromatic amines is 2. The van der Waals surface area contributed by atoms with Crippen molar-refractivity contribution in [3.8, 4) is 23.3 Å². The van der Waals surface area contributed by atoms with Gasteiger partial charge in [0.1, 0.15) is 0 Å². The molecular weight excluding hydrogens is 446 g/mol. The summed E-state index contributed by atoms with van der Waals surface area (Å²) in [5.74, 6) is -1.80. The highest BCUT2D eigenvalue weighted by atomic mass is 16.5. The first-order valence-electron chi connectivity index (χ1n) is 10.4. The van der Waals surface area contributed by atoms with Gasteiger partial charge in [-0.3, -0.25) is 24.1 Å². The summed E-state index contributed by atoms with van der Waals surface area (Å²) in [6.07, 6.45) is 0. The number of methoxy groups -OCH3 is 1. The summed E-state index contributed by atoms with van der Waals surface area (Å²) in [6, 6.07) is 3.77. The van der Waals surface area contributed by atoms with Gasteiger partial charge in [-0.05, 0) is 39.6 Å². The summed E-state index contributed by atoms with van der Waals surface area (Å²) in [5, 5.41) is 13.4. The molecule has 3 aromatic rings. The predicted octanol–water partition coefficient (Wildman–Crippen LogP) is 1.29. The third kappa shape index (κ3) is 3.52. The van der Waals surface area contributed by atoms with Crippen LogP contribution < -0.4 is 43.2 Å². The van der Waals surface area contributed by atoms with Crippen LogP contribution in [0.2, 0.25) is 0 Å². The first-order valence-corrected chi connectivity index (χ1v) is 10.4. The number of rotatable bonds is 4. The van der Waals surface area contributed by atoms with Gasteiger partial charge in [-0.25, -0.2) is 9.59 Å². The molecule has 0 saturated heterocycles. The van der Waals surface area contributed by atoms with Crippen LogP contribution in [0.3, 0.4) is 0 Å². The topological polar surface area (TPSA) is 188 Å². The molecular formula is C22H27N5O7. The Morgan fingerprint density at radius 3 is 2.18 bits per heavy atom. The molecule has 0 saturated carbocycles. The highest BCUT2D eigenvalue weighted by Crippen LogP contribution is 2.49. The number of ether oxygens (including phenoxy) is 2. The summed E-state index contributed by atoms with van der Waals surface area (Å²) >= 11 is 0. The lowest BCUT2D eigenvalue weighted by Gasteiger charge is -2.32. The number of hydrogen-bond donors (Lipinski definition) is 3. The molecule has 0 bridgehead atoms. The SMILES string of the molecule is COc1cccc2c1Oc1[nH]c(=O)n(C(C)C)c(=O)c1C2c1c([O-])n(C(C)C)c(=O)[nH]c1=O.[NH4+]. The van der Waals surface area contributed by atoms with Crippen LogP contribution in [-0.4, -0.2) is 26.2 Å². The highest BCUT2D eigenvalue weighted by molar-refractivity contribution is 5.61. The summed E-state index contributed by atoms with van der Waals surface area (Å²) < 4.78 is 13.1. The molecule has 2 aromatic heterocycles. The molecule has 12 heteroatoms. The molecule has 34 heavy (non-hydrogen) atoms. The minimum absolute atomic E-state index is 0. The summed E-state index contributed by atoms with van der Waals surface area (Å²) in [7, 11) is 1.41. The minimum atomic E-state index is -1.21. The van der Waals surface area contributed by atoms with Gasteiger partial charge in [0.15, 0.2) is 11.5 Å². The van der Waals surface area contributed by atoms with Crippen LogP contribution in [0.25, 0.3) is 0 Å². The van der Waals surface area contributed by atoms with Crippen molar-refractivity contribution in [1.82, 2.24) is 25.3 Å². The molecule has 3 heterocycles. The second-order valence-corrected chi connectivity index (χ2v) is 8.30. The van der Waals surface area contributed by atoms with E-state index < -0.39 is 46.4 Å². The number of benzene rings is 1. The van der Waals surface area contributed by atoms with Gasteiger partial charge in [0, 0.05) is 23.2 Å². The van der Waals surface area contributed by atoms with Crippen LogP contribution in [0.4, 0.5) is 0 Å². The van der Waals surface area contributed by atoms with Crippen LogP contribution in [0.1, 0.15) is 62.4 Å². The van der Waals surface area contributed by atoms with E-state index in [1.165, 1.54) is 7.11 Å². The average Bonchev–Trinajstić information content (AvgIpc) is 2.71. The number of aromatic nitrogens is 4. The van der Waals surface area contributed by atoms with Crippen molar-refractivity contribution in [2.45, 2.75) is 45.7 Å². The second kappa shape index (κ2) is 8.71. The van der Waals surface area contributed by atoms with Gasteiger partial charge in [0.2, 0.25) is 5.88 Å². The molecule has 1 aromatic carbocycles. The molecule has 0 radical (unpaired) electrons. The summed E-state index contributed by atoms with van der Waals surface area (Å²) in [5.41, 5.74) is -3.27. The number of nitrogens with zero attached hydrogens (tertiary/aromatic N) is 2. The number of para-hydroxylation sites is 1. The van der Waals surface area contributed by atoms with Crippen LogP contribution >= 0.6 is 0 Å². The van der Waals surface area contributed by atoms with E-state index >= 15 is 0 Å². The number of H-pyrrole nitrogens is 2. The monoisotopic (exact) mass is 473 g/mol. The van der Waals surface area contributed by atoms with Gasteiger partial charge in [-0.2, -0.15) is 0 Å². The molecule has 1 aliphatic rings. The fourth-order valence-corrected chi connectivity index (χ4v) is 4.20. The van der Waals surface area contributed by atoms with Crippen molar-refractivity contribution in [2.75, 3.05) is 7.11 Å². The van der Waals surface area contributed by atoms with Crippen LogP contribution in [-0.2, 0) is 0 Å². The number of quaternary nitrogens is 1. The smallest absolute Gasteiger partial charge is 0.331 e. The van der Waals surface area contributed by atoms with Crippen LogP contribution in [0, 0.1) is 0 Å². The molecule has 182 valence electrons. The molecule has 1 unspecified atom stereocenters. The van der Waals surface area contributed by atoms with Gasteiger partial charge in [-0.15, -0.1) is 0 Å². The number of nitrogens with one attached hydrogen (secondary N) is 2. The Labute approximate surface area is 193 Å². The van der Waals surface area contributed by atoms with Crippen LogP contribution in [0.5, 0.6) is 23.3 Å². The molecule has 0 spiro atoms. The molecule has 4 rings (SSSR count). The minimum Gasteiger partial charge on any atom is -0.860 e. The van der Waals surface area contributed by atoms with E-state index in [9.17, 15) is 24.3 Å². The lowest BCUT2D eigenvalue weighted by molar-refractivity contribution is -0.282. The maximum atomic E-state index is 13.5. The summed E-state index contributed by atoms with van der Waals surface area (Å²) in [4.78, 5) is 56.1. The summed E-state index contributed by atoms with van der Waals surface area (Å²) in [6.45, 7) is 6.57. The first-order chi connectivity index (χ1) is 15.6. The van der Waals surface area contributed by atoms with E-state index in [-0.39, 0.29) is 34.7 Å². The molecule has 0 fully saturated rings. The maximum Gasteiger partial charge on any atom is 0.331 e. The Morgan fingerprint density at radius 1 is 0.971 bits per heavy atom. The fourth-order valence-electron chi connectivity index (χ4n) is 4.20. The van der Waals surface area contributed by atoms with Crippen LogP contribution in [0.15, 0.2) is 37.4 Å². The standard InChI is InChI=1S/C22H24N4O7.H3N/c1-9(2)25-19(28)14(17(27)23-21(25)30)13-11-7-6-8-12(32-5)16(11)33-18-15(13)20(29)26(10(3)4)22(31)24-18;/h6-10,13,28H,1-5H3,(H,24,31)(H,23,27,30);1H3. The third-order valence-electron chi connectivity index (χ3n) is 5.62. The largest absolute Gasteiger partial charge is 0.860 e. The van der Waals surface area contributed by atoms with Gasteiger partial charge in [-0.1, -0.05) is 12.1 Å². The Bertz CT molecular complexity index is 1490. The molecule has 12 nitrogen and oxygen atoms in total. The lowest BCUT2D eigenvalue weighted by Crippen LogP contribution is -2.42. The van der Waals surface area contributed by atoms with Gasteiger partial charge in [0.25, 0.3) is 11.1 Å². The zero-order chi connectivity index (χ0) is 24.2. The molecule has 1 atom stereocenters. The molecule has 6 N–H and O–H groups in total. The van der Waals surface area contributed by atoms with Gasteiger partial charge >= 0.3 is 11.4 Å². The third-order valence-corrected chi connectivity index (χ3v) is 5.62. The van der Waals surface area contributed by atoms with E-state index in [0.29, 0.717) is 5.56 Å². The van der Waals surface area contributed by atoms with Crippen molar-refractivity contribution < 1.29 is 14.6 Å². The maximum absolute atomic E-state index is 13.5. The van der Waals surface area contributed by atoms with Crippen molar-refractivity contribution in [2.24, 2.45) is 0 Å². The Morgan fingerprint density at radius 2 is 1.59 bits per heavy atom. The Kier molecular flexibility index (Phi) is 6.29. The van der Waals surface area contributed by atoms with E-state index in [1.807, 2.05) is 0 Å². The normalized spacial score (nSPS) is 14.3. The lowest BCUT2D eigenvalue weighted by atomic mass is 9.84. The molecule has 1 aliphatic heterocycles. The van der Waals surface area contributed by atoms with Crippen molar-refractivity contribution in [3.05, 3.63) is 76.6 Å². The second-order valence-electron chi connectivity index (χ2n) is 8.30. The fraction of sp³-hybridized carbons (Fsp3) is 0.364. The van der Waals surface area contributed by atoms with Crippen molar-refractivity contribution in [3.63, 3.8) is 0 Å². The average molecular weight is 473 g/mol. The van der Waals surface area contributed by atoms with E-state index in [1.54, 1.807) is 45.9 Å². The highest BCUT2D eigenvalue weighted by Gasteiger charge is 2.37. The zero-order valence-corrected chi connectivity index (χ0v) is 19.7. The quantitative estimate of drug-likeness (QED) is 0.398. The molecule has 0 aliphatic carbocycles. The van der Waals surface area contributed by atoms with E-state index in [0.717, 1.165) is 9.13 Å². The predicted molar refractivity (Wildman–Crippen MR) is 123 cm³/mol. The van der Waals surface area contributed by atoms with Crippen molar-refractivity contribution >= 4 is 0 Å². The Hall–Kier alpha value is -4.06. The van der Waals surface area contributed by atoms with E-state index in [2.05, 4.69) is 9.97 Å². The molecule has 0 amide bonds. The van der Waals surface area contributed by atoms with Crippen molar-refractivity contribution in [1.29, 1.82) is 0 Å². The number of hydrogen-bond acceptors (Lipinski definition) is 7. The Balaban J connectivity index is 0.00000324. The van der Waals surface area contributed by atoms with E-state index in [4.69, 9.17) is 9.47 Å². The zero-order valence-electron chi connectivity index (χ0n) is 19.7. The number of fused-ring (bicyclic) bond motifs is 2. The van der Waals surface area contributed by atoms with Gasteiger partial charge in [0.05, 0.1) is 18.6 Å². The first kappa shape index (κ1) is 24.6. The van der Waals surface area contributed by atoms with Gasteiger partial charge < -0.3 is 25.3 Å².